The summed E-state index contributed by atoms with van der Waals surface area (Å²) in [5.41, 5.74) is 8.49. The molecule has 0 aliphatic carbocycles. The van der Waals surface area contributed by atoms with Gasteiger partial charge in [-0.05, 0) is 49.2 Å². The second-order valence-electron chi connectivity index (χ2n) is 4.56. The second-order valence-corrected chi connectivity index (χ2v) is 4.56. The van der Waals surface area contributed by atoms with Gasteiger partial charge in [0.05, 0.1) is 0 Å². The van der Waals surface area contributed by atoms with Crippen LogP contribution in [0, 0.1) is 12.7 Å². The molecule has 100 valence electrons. The number of nitrogens with zero attached hydrogens (tertiary/aromatic N) is 2. The lowest BCUT2D eigenvalue weighted by molar-refractivity contribution is 0.628. The molecule has 19 heavy (non-hydrogen) atoms. The van der Waals surface area contributed by atoms with Gasteiger partial charge in [-0.25, -0.2) is 9.37 Å². The molecule has 4 heteroatoms. The number of aryl methyl sites for hydroxylation is 1. The van der Waals surface area contributed by atoms with Gasteiger partial charge in [0.25, 0.3) is 0 Å². The zero-order chi connectivity index (χ0) is 13.8. The van der Waals surface area contributed by atoms with Crippen LogP contribution >= 0.6 is 0 Å². The van der Waals surface area contributed by atoms with Crippen LogP contribution in [0.4, 0.5) is 15.9 Å². The van der Waals surface area contributed by atoms with Crippen LogP contribution in [-0.2, 0) is 6.42 Å². The molecule has 0 aliphatic rings. The van der Waals surface area contributed by atoms with E-state index in [0.717, 1.165) is 29.1 Å². The Hall–Kier alpha value is -1.94. The average Bonchev–Trinajstić information content (AvgIpc) is 2.38. The monoisotopic (exact) mass is 259 g/mol. The third kappa shape index (κ3) is 3.09. The highest BCUT2D eigenvalue weighted by atomic mass is 19.1. The van der Waals surface area contributed by atoms with E-state index in [0.29, 0.717) is 6.54 Å². The molecule has 1 heterocycles. The minimum Gasteiger partial charge on any atom is -0.330 e. The Morgan fingerprint density at radius 2 is 2.11 bits per heavy atom. The summed E-state index contributed by atoms with van der Waals surface area (Å²) in [5, 5.41) is 0. The van der Waals surface area contributed by atoms with Crippen molar-refractivity contribution in [1.29, 1.82) is 0 Å². The van der Waals surface area contributed by atoms with Gasteiger partial charge < -0.3 is 10.6 Å². The van der Waals surface area contributed by atoms with Crippen LogP contribution in [0.2, 0.25) is 0 Å². The largest absolute Gasteiger partial charge is 0.330 e. The molecule has 0 bridgehead atoms. The predicted octanol–water partition coefficient (Wildman–Crippen LogP) is 2.80. The van der Waals surface area contributed by atoms with Crippen LogP contribution in [-0.4, -0.2) is 18.6 Å². The summed E-state index contributed by atoms with van der Waals surface area (Å²) in [6.45, 7) is 2.61. The molecule has 1 aromatic heterocycles. The lowest BCUT2D eigenvalue weighted by Crippen LogP contribution is -2.13. The van der Waals surface area contributed by atoms with Gasteiger partial charge in [0.1, 0.15) is 11.6 Å². The SMILES string of the molecule is Cc1cc(CCN)cnc1N(C)c1cccc(F)c1. The molecule has 2 rings (SSSR count). The highest BCUT2D eigenvalue weighted by Crippen LogP contribution is 2.25. The fourth-order valence-electron chi connectivity index (χ4n) is 2.09. The number of nitrogens with two attached hydrogens (primary N) is 1. The number of anilines is 2. The summed E-state index contributed by atoms with van der Waals surface area (Å²) in [4.78, 5) is 6.33. The molecular weight excluding hydrogens is 241 g/mol. The van der Waals surface area contributed by atoms with E-state index in [-0.39, 0.29) is 5.82 Å². The van der Waals surface area contributed by atoms with E-state index in [1.807, 2.05) is 31.1 Å². The van der Waals surface area contributed by atoms with Gasteiger partial charge in [-0.2, -0.15) is 0 Å². The van der Waals surface area contributed by atoms with Crippen molar-refractivity contribution in [3.05, 3.63) is 53.5 Å². The van der Waals surface area contributed by atoms with Crippen molar-refractivity contribution >= 4 is 11.5 Å². The van der Waals surface area contributed by atoms with E-state index in [1.165, 1.54) is 12.1 Å². The van der Waals surface area contributed by atoms with Crippen molar-refractivity contribution in [2.24, 2.45) is 5.73 Å². The molecule has 0 unspecified atom stereocenters. The van der Waals surface area contributed by atoms with Crippen LogP contribution in [0.1, 0.15) is 11.1 Å². The zero-order valence-corrected chi connectivity index (χ0v) is 11.2. The van der Waals surface area contributed by atoms with Crippen molar-refractivity contribution < 1.29 is 4.39 Å². The maximum Gasteiger partial charge on any atom is 0.135 e. The molecule has 0 saturated heterocycles. The zero-order valence-electron chi connectivity index (χ0n) is 11.2. The summed E-state index contributed by atoms with van der Waals surface area (Å²) in [6, 6.07) is 8.55. The molecule has 0 saturated carbocycles. The third-order valence-electron chi connectivity index (χ3n) is 3.05. The number of halogens is 1. The first-order valence-corrected chi connectivity index (χ1v) is 6.26. The van der Waals surface area contributed by atoms with Crippen LogP contribution < -0.4 is 10.6 Å². The molecular formula is C15H18FN3. The van der Waals surface area contributed by atoms with Crippen LogP contribution in [0.15, 0.2) is 36.5 Å². The van der Waals surface area contributed by atoms with Gasteiger partial charge in [0, 0.05) is 18.9 Å². The number of pyridine rings is 1. The predicted molar refractivity (Wildman–Crippen MR) is 76.2 cm³/mol. The lowest BCUT2D eigenvalue weighted by atomic mass is 10.1. The van der Waals surface area contributed by atoms with E-state index < -0.39 is 0 Å². The molecule has 2 N–H and O–H groups in total. The summed E-state index contributed by atoms with van der Waals surface area (Å²) >= 11 is 0. The normalized spacial score (nSPS) is 10.5. The summed E-state index contributed by atoms with van der Waals surface area (Å²) in [6.07, 6.45) is 2.64. The highest BCUT2D eigenvalue weighted by Gasteiger charge is 2.09. The van der Waals surface area contributed by atoms with Crippen LogP contribution in [0.25, 0.3) is 0 Å². The minimum atomic E-state index is -0.248. The number of hydrogen-bond acceptors (Lipinski definition) is 3. The summed E-state index contributed by atoms with van der Waals surface area (Å²) in [7, 11) is 1.88. The Labute approximate surface area is 112 Å². The molecule has 0 atom stereocenters. The Morgan fingerprint density at radius 1 is 1.32 bits per heavy atom. The van der Waals surface area contributed by atoms with Crippen molar-refractivity contribution in [2.75, 3.05) is 18.5 Å². The maximum absolute atomic E-state index is 13.2. The second kappa shape index (κ2) is 5.80. The first-order valence-electron chi connectivity index (χ1n) is 6.26. The Morgan fingerprint density at radius 3 is 2.74 bits per heavy atom. The topological polar surface area (TPSA) is 42.1 Å². The molecule has 0 fully saturated rings. The van der Waals surface area contributed by atoms with E-state index in [2.05, 4.69) is 11.1 Å². The number of benzene rings is 1. The molecule has 0 aliphatic heterocycles. The van der Waals surface area contributed by atoms with Gasteiger partial charge in [-0.15, -0.1) is 0 Å². The first-order chi connectivity index (χ1) is 9.11. The summed E-state index contributed by atoms with van der Waals surface area (Å²) < 4.78 is 13.2. The average molecular weight is 259 g/mol. The number of aromatic nitrogens is 1. The standard InChI is InChI=1S/C15H18FN3/c1-11-8-12(6-7-17)10-18-15(11)19(2)14-5-3-4-13(16)9-14/h3-5,8-10H,6-7,17H2,1-2H3. The van der Waals surface area contributed by atoms with Crippen molar-refractivity contribution in [2.45, 2.75) is 13.3 Å². The molecule has 0 spiro atoms. The van der Waals surface area contributed by atoms with Gasteiger partial charge in [0.15, 0.2) is 0 Å². The van der Waals surface area contributed by atoms with E-state index in [1.54, 1.807) is 6.07 Å². The Bertz CT molecular complexity index is 569. The van der Waals surface area contributed by atoms with Gasteiger partial charge in [-0.1, -0.05) is 12.1 Å². The van der Waals surface area contributed by atoms with E-state index in [4.69, 9.17) is 5.73 Å². The Kier molecular flexibility index (Phi) is 4.12. The number of hydrogen-bond donors (Lipinski definition) is 1. The summed E-state index contributed by atoms with van der Waals surface area (Å²) in [5.74, 6) is 0.577. The van der Waals surface area contributed by atoms with Gasteiger partial charge in [-0.3, -0.25) is 0 Å². The molecule has 3 nitrogen and oxygen atoms in total. The minimum absolute atomic E-state index is 0.248. The lowest BCUT2D eigenvalue weighted by Gasteiger charge is -2.20. The number of rotatable bonds is 4. The Balaban J connectivity index is 2.31. The smallest absolute Gasteiger partial charge is 0.135 e. The van der Waals surface area contributed by atoms with Gasteiger partial charge >= 0.3 is 0 Å². The molecule has 2 aromatic rings. The van der Waals surface area contributed by atoms with E-state index in [9.17, 15) is 4.39 Å². The van der Waals surface area contributed by atoms with Gasteiger partial charge in [0.2, 0.25) is 0 Å². The third-order valence-corrected chi connectivity index (χ3v) is 3.05. The quantitative estimate of drug-likeness (QED) is 0.918. The van der Waals surface area contributed by atoms with Crippen LogP contribution in [0.5, 0.6) is 0 Å². The molecule has 1 aromatic carbocycles. The first kappa shape index (κ1) is 13.5. The van der Waals surface area contributed by atoms with Crippen molar-refractivity contribution in [3.63, 3.8) is 0 Å². The van der Waals surface area contributed by atoms with Crippen molar-refractivity contribution in [3.8, 4) is 0 Å². The maximum atomic E-state index is 13.2. The van der Waals surface area contributed by atoms with Crippen LogP contribution in [0.3, 0.4) is 0 Å². The van der Waals surface area contributed by atoms with E-state index >= 15 is 0 Å². The highest BCUT2D eigenvalue weighted by molar-refractivity contribution is 5.62. The fourth-order valence-corrected chi connectivity index (χ4v) is 2.09. The fraction of sp³-hybridized carbons (Fsp3) is 0.267. The molecule has 0 radical (unpaired) electrons. The molecule has 0 amide bonds. The van der Waals surface area contributed by atoms with Crippen molar-refractivity contribution in [1.82, 2.24) is 4.98 Å².